The maximum absolute atomic E-state index is 4.50. The molecule has 0 bridgehead atoms. The summed E-state index contributed by atoms with van der Waals surface area (Å²) in [5.74, 6) is 1.12. The van der Waals surface area contributed by atoms with Crippen molar-refractivity contribution in [3.05, 3.63) is 22.8 Å². The number of hydrogen-bond acceptors (Lipinski definition) is 3. The highest BCUT2D eigenvalue weighted by atomic mass is 79.9. The number of anilines is 1. The first kappa shape index (κ1) is 13.4. The largest absolute Gasteiger partial charge is 0.354 e. The fourth-order valence-corrected chi connectivity index (χ4v) is 3.55. The Kier molecular flexibility index (Phi) is 4.38. The molecule has 2 aliphatic rings. The first-order valence-corrected chi connectivity index (χ1v) is 8.23. The van der Waals surface area contributed by atoms with Crippen LogP contribution in [0.2, 0.25) is 0 Å². The van der Waals surface area contributed by atoms with Crippen LogP contribution in [0.25, 0.3) is 0 Å². The van der Waals surface area contributed by atoms with Gasteiger partial charge in [0.2, 0.25) is 0 Å². The monoisotopic (exact) mass is 323 g/mol. The third kappa shape index (κ3) is 3.29. The summed E-state index contributed by atoms with van der Waals surface area (Å²) in [6, 6.07) is 5.05. The molecule has 3 rings (SSSR count). The van der Waals surface area contributed by atoms with E-state index in [4.69, 9.17) is 0 Å². The zero-order valence-corrected chi connectivity index (χ0v) is 13.0. The Hall–Kier alpha value is -0.610. The number of halogens is 1. The van der Waals surface area contributed by atoms with Crippen LogP contribution in [0.4, 0.5) is 5.82 Å². The van der Waals surface area contributed by atoms with Gasteiger partial charge in [-0.1, -0.05) is 19.3 Å². The fraction of sp³-hybridized carbons (Fsp3) is 0.667. The summed E-state index contributed by atoms with van der Waals surface area (Å²) in [4.78, 5) is 9.61. The molecular weight excluding hydrogens is 302 g/mol. The van der Waals surface area contributed by atoms with Crippen LogP contribution in [0, 0.1) is 0 Å². The molecule has 0 atom stereocenters. The second kappa shape index (κ2) is 6.23. The van der Waals surface area contributed by atoms with E-state index in [2.05, 4.69) is 42.8 Å². The van der Waals surface area contributed by atoms with Crippen molar-refractivity contribution in [1.82, 2.24) is 9.88 Å². The van der Waals surface area contributed by atoms with Crippen LogP contribution in [0.5, 0.6) is 0 Å². The van der Waals surface area contributed by atoms with Gasteiger partial charge in [-0.3, -0.25) is 4.90 Å². The maximum atomic E-state index is 4.50. The second-order valence-corrected chi connectivity index (χ2v) is 6.57. The summed E-state index contributed by atoms with van der Waals surface area (Å²) < 4.78 is 1.05. The number of hydrogen-bond donors (Lipinski definition) is 0. The summed E-state index contributed by atoms with van der Waals surface area (Å²) >= 11 is 3.44. The molecule has 0 radical (unpaired) electrons. The Bertz CT molecular complexity index is 392. The third-order valence-electron chi connectivity index (χ3n) is 4.44. The zero-order chi connectivity index (χ0) is 13.1. The van der Waals surface area contributed by atoms with Crippen molar-refractivity contribution < 1.29 is 0 Å². The van der Waals surface area contributed by atoms with Crippen molar-refractivity contribution in [3.8, 4) is 0 Å². The van der Waals surface area contributed by atoms with E-state index in [-0.39, 0.29) is 0 Å². The molecule has 2 fully saturated rings. The summed E-state index contributed by atoms with van der Waals surface area (Å²) in [5.41, 5.74) is 0. The van der Waals surface area contributed by atoms with Gasteiger partial charge in [0.15, 0.2) is 0 Å². The lowest BCUT2D eigenvalue weighted by molar-refractivity contribution is 0.147. The van der Waals surface area contributed by atoms with E-state index < -0.39 is 0 Å². The Morgan fingerprint density at radius 1 is 1.00 bits per heavy atom. The molecule has 0 N–H and O–H groups in total. The van der Waals surface area contributed by atoms with Crippen LogP contribution in [-0.2, 0) is 0 Å². The molecule has 2 heterocycles. The Morgan fingerprint density at radius 2 is 1.74 bits per heavy atom. The topological polar surface area (TPSA) is 19.4 Å². The van der Waals surface area contributed by atoms with E-state index in [1.807, 2.05) is 6.20 Å². The van der Waals surface area contributed by atoms with Gasteiger partial charge in [0.05, 0.1) is 0 Å². The first-order chi connectivity index (χ1) is 9.33. The quantitative estimate of drug-likeness (QED) is 0.832. The molecular formula is C15H22BrN3. The van der Waals surface area contributed by atoms with Gasteiger partial charge in [0, 0.05) is 42.9 Å². The van der Waals surface area contributed by atoms with E-state index in [1.165, 1.54) is 45.2 Å². The van der Waals surface area contributed by atoms with Gasteiger partial charge in [0.1, 0.15) is 5.82 Å². The highest BCUT2D eigenvalue weighted by molar-refractivity contribution is 9.10. The predicted molar refractivity (Wildman–Crippen MR) is 82.6 cm³/mol. The average molecular weight is 324 g/mol. The number of nitrogens with zero attached hydrogens (tertiary/aromatic N) is 3. The lowest BCUT2D eigenvalue weighted by Gasteiger charge is -2.41. The molecule has 1 aliphatic heterocycles. The normalized spacial score (nSPS) is 22.7. The molecule has 104 valence electrons. The van der Waals surface area contributed by atoms with Gasteiger partial charge in [-0.25, -0.2) is 4.98 Å². The van der Waals surface area contributed by atoms with Crippen molar-refractivity contribution in [2.45, 2.75) is 38.1 Å². The molecule has 1 saturated heterocycles. The third-order valence-corrected chi connectivity index (χ3v) is 4.91. The van der Waals surface area contributed by atoms with Gasteiger partial charge in [0.25, 0.3) is 0 Å². The van der Waals surface area contributed by atoms with E-state index >= 15 is 0 Å². The minimum atomic E-state index is 0.855. The van der Waals surface area contributed by atoms with E-state index in [1.54, 1.807) is 0 Å². The molecule has 4 heteroatoms. The predicted octanol–water partition coefficient (Wildman–Crippen LogP) is 3.30. The number of rotatable bonds is 2. The summed E-state index contributed by atoms with van der Waals surface area (Å²) in [6.45, 7) is 4.63. The van der Waals surface area contributed by atoms with Crippen molar-refractivity contribution in [3.63, 3.8) is 0 Å². The molecule has 0 unspecified atom stereocenters. The highest BCUT2D eigenvalue weighted by Gasteiger charge is 2.25. The molecule has 19 heavy (non-hydrogen) atoms. The van der Waals surface area contributed by atoms with Crippen LogP contribution in [-0.4, -0.2) is 42.1 Å². The SMILES string of the molecule is Brc1ccc(N2CCN(C3CCCCC3)CC2)nc1. The standard InChI is InChI=1S/C15H22BrN3/c16-13-6-7-15(17-12-13)19-10-8-18(9-11-19)14-4-2-1-3-5-14/h6-7,12,14H,1-5,8-11H2. The summed E-state index contributed by atoms with van der Waals surface area (Å²) in [6.07, 6.45) is 9.02. The minimum absolute atomic E-state index is 0.855. The van der Waals surface area contributed by atoms with Gasteiger partial charge in [-0.2, -0.15) is 0 Å². The Labute approximate surface area is 124 Å². The highest BCUT2D eigenvalue weighted by Crippen LogP contribution is 2.24. The van der Waals surface area contributed by atoms with Crippen LogP contribution < -0.4 is 4.90 Å². The maximum Gasteiger partial charge on any atom is 0.128 e. The smallest absolute Gasteiger partial charge is 0.128 e. The molecule has 1 aromatic rings. The van der Waals surface area contributed by atoms with Crippen LogP contribution in [0.1, 0.15) is 32.1 Å². The lowest BCUT2D eigenvalue weighted by Crippen LogP contribution is -2.51. The summed E-state index contributed by atoms with van der Waals surface area (Å²) in [5, 5.41) is 0. The van der Waals surface area contributed by atoms with Crippen LogP contribution in [0.3, 0.4) is 0 Å². The van der Waals surface area contributed by atoms with Crippen LogP contribution >= 0.6 is 15.9 Å². The molecule has 3 nitrogen and oxygen atoms in total. The second-order valence-electron chi connectivity index (χ2n) is 5.65. The Balaban J connectivity index is 1.55. The van der Waals surface area contributed by atoms with Gasteiger partial charge in [-0.05, 0) is 40.9 Å². The lowest BCUT2D eigenvalue weighted by atomic mass is 9.94. The molecule has 1 aromatic heterocycles. The molecule has 0 amide bonds. The number of aromatic nitrogens is 1. The number of piperazine rings is 1. The van der Waals surface area contributed by atoms with Gasteiger partial charge in [-0.15, -0.1) is 0 Å². The van der Waals surface area contributed by atoms with Gasteiger partial charge >= 0.3 is 0 Å². The van der Waals surface area contributed by atoms with E-state index in [9.17, 15) is 0 Å². The van der Waals surface area contributed by atoms with Crippen molar-refractivity contribution in [2.75, 3.05) is 31.1 Å². The van der Waals surface area contributed by atoms with E-state index in [0.717, 1.165) is 29.4 Å². The van der Waals surface area contributed by atoms with Crippen molar-refractivity contribution in [2.24, 2.45) is 0 Å². The van der Waals surface area contributed by atoms with Crippen molar-refractivity contribution >= 4 is 21.7 Å². The van der Waals surface area contributed by atoms with Crippen LogP contribution in [0.15, 0.2) is 22.8 Å². The van der Waals surface area contributed by atoms with Crippen molar-refractivity contribution in [1.29, 1.82) is 0 Å². The molecule has 0 spiro atoms. The Morgan fingerprint density at radius 3 is 2.37 bits per heavy atom. The first-order valence-electron chi connectivity index (χ1n) is 7.43. The summed E-state index contributed by atoms with van der Waals surface area (Å²) in [7, 11) is 0. The fourth-order valence-electron chi connectivity index (χ4n) is 3.32. The van der Waals surface area contributed by atoms with Gasteiger partial charge < -0.3 is 4.90 Å². The minimum Gasteiger partial charge on any atom is -0.354 e. The molecule has 1 saturated carbocycles. The van der Waals surface area contributed by atoms with E-state index in [0.29, 0.717) is 0 Å². The molecule has 1 aliphatic carbocycles. The average Bonchev–Trinajstić information content (AvgIpc) is 2.49. The molecule has 0 aromatic carbocycles. The number of pyridine rings is 1. The zero-order valence-electron chi connectivity index (χ0n) is 11.4.